The van der Waals surface area contributed by atoms with Crippen LogP contribution < -0.4 is 4.74 Å². The number of aromatic nitrogens is 2. The molecule has 0 spiro atoms. The van der Waals surface area contributed by atoms with E-state index in [0.717, 1.165) is 17.7 Å². The molecular formula is C13H14N2O2. The minimum Gasteiger partial charge on any atom is -0.492 e. The van der Waals surface area contributed by atoms with E-state index in [1.54, 1.807) is 24.3 Å². The molecule has 0 amide bonds. The Balaban J connectivity index is 1.83. The molecular weight excluding hydrogens is 216 g/mol. The zero-order valence-corrected chi connectivity index (χ0v) is 9.67. The fraction of sp³-hybridized carbons (Fsp3) is 0.231. The van der Waals surface area contributed by atoms with E-state index >= 15 is 0 Å². The van der Waals surface area contributed by atoms with Crippen molar-refractivity contribution in [2.75, 3.05) is 6.61 Å². The van der Waals surface area contributed by atoms with Crippen LogP contribution in [0.5, 0.6) is 5.75 Å². The maximum absolute atomic E-state index is 10.5. The van der Waals surface area contributed by atoms with Gasteiger partial charge < -0.3 is 4.74 Å². The van der Waals surface area contributed by atoms with Gasteiger partial charge in [0, 0.05) is 11.8 Å². The second-order valence-corrected chi connectivity index (χ2v) is 3.76. The second-order valence-electron chi connectivity index (χ2n) is 3.76. The largest absolute Gasteiger partial charge is 0.492 e. The number of aldehydes is 1. The minimum absolute atomic E-state index is 0.557. The number of aryl methyl sites for hydroxylation is 1. The molecule has 0 saturated carbocycles. The predicted molar refractivity (Wildman–Crippen MR) is 64.3 cm³/mol. The van der Waals surface area contributed by atoms with Gasteiger partial charge in [0.15, 0.2) is 0 Å². The normalized spacial score (nSPS) is 10.2. The SMILES string of the molecule is Cc1ccn(CCOc2ccc(C=O)cc2)n1. The van der Waals surface area contributed by atoms with Gasteiger partial charge in [0.1, 0.15) is 18.6 Å². The van der Waals surface area contributed by atoms with Crippen molar-refractivity contribution in [1.82, 2.24) is 9.78 Å². The van der Waals surface area contributed by atoms with Crippen LogP contribution in [0.3, 0.4) is 0 Å². The van der Waals surface area contributed by atoms with Crippen molar-refractivity contribution in [2.45, 2.75) is 13.5 Å². The van der Waals surface area contributed by atoms with Crippen LogP contribution in [-0.2, 0) is 6.54 Å². The summed E-state index contributed by atoms with van der Waals surface area (Å²) < 4.78 is 7.38. The summed E-state index contributed by atoms with van der Waals surface area (Å²) in [6.07, 6.45) is 2.74. The monoisotopic (exact) mass is 230 g/mol. The third-order valence-corrected chi connectivity index (χ3v) is 2.38. The van der Waals surface area contributed by atoms with Gasteiger partial charge in [-0.3, -0.25) is 9.48 Å². The molecule has 0 N–H and O–H groups in total. The van der Waals surface area contributed by atoms with Crippen LogP contribution in [-0.4, -0.2) is 22.7 Å². The van der Waals surface area contributed by atoms with Crippen molar-refractivity contribution in [1.29, 1.82) is 0 Å². The maximum Gasteiger partial charge on any atom is 0.150 e. The van der Waals surface area contributed by atoms with Gasteiger partial charge in [-0.05, 0) is 37.3 Å². The molecule has 0 aliphatic rings. The molecule has 4 nitrogen and oxygen atoms in total. The van der Waals surface area contributed by atoms with Gasteiger partial charge in [0.2, 0.25) is 0 Å². The van der Waals surface area contributed by atoms with Crippen LogP contribution in [0.15, 0.2) is 36.5 Å². The summed E-state index contributed by atoms with van der Waals surface area (Å²) in [4.78, 5) is 10.5. The van der Waals surface area contributed by atoms with Gasteiger partial charge in [0.25, 0.3) is 0 Å². The van der Waals surface area contributed by atoms with Crippen molar-refractivity contribution in [3.05, 3.63) is 47.8 Å². The molecule has 4 heteroatoms. The Hall–Kier alpha value is -2.10. The number of carbonyl (C=O) groups is 1. The topological polar surface area (TPSA) is 44.1 Å². The standard InChI is InChI=1S/C13H14N2O2/c1-11-6-7-15(14-11)8-9-17-13-4-2-12(10-16)3-5-13/h2-7,10H,8-9H2,1H3. The Morgan fingerprint density at radius 3 is 2.65 bits per heavy atom. The Morgan fingerprint density at radius 1 is 1.29 bits per heavy atom. The molecule has 0 radical (unpaired) electrons. The highest BCUT2D eigenvalue weighted by atomic mass is 16.5. The highest BCUT2D eigenvalue weighted by Crippen LogP contribution is 2.10. The molecule has 1 aromatic carbocycles. The van der Waals surface area contributed by atoms with E-state index in [-0.39, 0.29) is 0 Å². The molecule has 0 saturated heterocycles. The van der Waals surface area contributed by atoms with Crippen molar-refractivity contribution in [3.8, 4) is 5.75 Å². The van der Waals surface area contributed by atoms with Crippen molar-refractivity contribution < 1.29 is 9.53 Å². The molecule has 2 aromatic rings. The van der Waals surface area contributed by atoms with Crippen molar-refractivity contribution in [3.63, 3.8) is 0 Å². The van der Waals surface area contributed by atoms with Crippen molar-refractivity contribution >= 4 is 6.29 Å². The molecule has 1 heterocycles. The quantitative estimate of drug-likeness (QED) is 0.739. The molecule has 0 aliphatic carbocycles. The first-order chi connectivity index (χ1) is 8.28. The lowest BCUT2D eigenvalue weighted by atomic mass is 10.2. The van der Waals surface area contributed by atoms with Gasteiger partial charge >= 0.3 is 0 Å². The maximum atomic E-state index is 10.5. The number of hydrogen-bond acceptors (Lipinski definition) is 3. The zero-order chi connectivity index (χ0) is 12.1. The predicted octanol–water partition coefficient (Wildman–Crippen LogP) is 2.08. The first-order valence-corrected chi connectivity index (χ1v) is 5.46. The Labute approximate surface area is 99.8 Å². The molecule has 0 aliphatic heterocycles. The molecule has 0 unspecified atom stereocenters. The number of hydrogen-bond donors (Lipinski definition) is 0. The fourth-order valence-corrected chi connectivity index (χ4v) is 1.49. The van der Waals surface area contributed by atoms with Crippen LogP contribution in [0.25, 0.3) is 0 Å². The van der Waals surface area contributed by atoms with E-state index < -0.39 is 0 Å². The number of rotatable bonds is 5. The summed E-state index contributed by atoms with van der Waals surface area (Å²) in [7, 11) is 0. The fourth-order valence-electron chi connectivity index (χ4n) is 1.49. The highest BCUT2D eigenvalue weighted by Gasteiger charge is 1.96. The molecule has 0 fully saturated rings. The van der Waals surface area contributed by atoms with E-state index in [2.05, 4.69) is 5.10 Å². The van der Waals surface area contributed by atoms with Crippen LogP contribution in [0.1, 0.15) is 16.1 Å². The number of carbonyl (C=O) groups excluding carboxylic acids is 1. The van der Waals surface area contributed by atoms with E-state index in [1.807, 2.05) is 23.9 Å². The van der Waals surface area contributed by atoms with Crippen LogP contribution in [0.4, 0.5) is 0 Å². The summed E-state index contributed by atoms with van der Waals surface area (Å²) >= 11 is 0. The number of nitrogens with zero attached hydrogens (tertiary/aromatic N) is 2. The summed E-state index contributed by atoms with van der Waals surface area (Å²) in [5.74, 6) is 0.763. The lowest BCUT2D eigenvalue weighted by molar-refractivity contribution is 0.112. The zero-order valence-electron chi connectivity index (χ0n) is 9.67. The minimum atomic E-state index is 0.557. The smallest absolute Gasteiger partial charge is 0.150 e. The highest BCUT2D eigenvalue weighted by molar-refractivity contribution is 5.74. The lowest BCUT2D eigenvalue weighted by Crippen LogP contribution is -2.08. The van der Waals surface area contributed by atoms with Crippen LogP contribution in [0.2, 0.25) is 0 Å². The number of benzene rings is 1. The summed E-state index contributed by atoms with van der Waals surface area (Å²) in [5, 5.41) is 4.26. The van der Waals surface area contributed by atoms with Crippen molar-refractivity contribution in [2.24, 2.45) is 0 Å². The molecule has 1 aromatic heterocycles. The Morgan fingerprint density at radius 2 is 2.06 bits per heavy atom. The second kappa shape index (κ2) is 5.30. The van der Waals surface area contributed by atoms with Crippen LogP contribution in [0, 0.1) is 6.92 Å². The molecule has 2 rings (SSSR count). The third-order valence-electron chi connectivity index (χ3n) is 2.38. The van der Waals surface area contributed by atoms with Gasteiger partial charge in [-0.15, -0.1) is 0 Å². The molecule has 17 heavy (non-hydrogen) atoms. The van der Waals surface area contributed by atoms with Gasteiger partial charge in [-0.1, -0.05) is 0 Å². The average molecular weight is 230 g/mol. The van der Waals surface area contributed by atoms with Gasteiger partial charge in [0.05, 0.1) is 12.2 Å². The van der Waals surface area contributed by atoms with Gasteiger partial charge in [-0.2, -0.15) is 5.10 Å². The average Bonchev–Trinajstić information content (AvgIpc) is 2.76. The van der Waals surface area contributed by atoms with E-state index in [4.69, 9.17) is 4.74 Å². The van der Waals surface area contributed by atoms with E-state index in [1.165, 1.54) is 0 Å². The molecule has 88 valence electrons. The Bertz CT molecular complexity index is 488. The number of ether oxygens (including phenoxy) is 1. The first-order valence-electron chi connectivity index (χ1n) is 5.46. The summed E-state index contributed by atoms with van der Waals surface area (Å²) in [6, 6.07) is 9.01. The lowest BCUT2D eigenvalue weighted by Gasteiger charge is -2.06. The third kappa shape index (κ3) is 3.17. The first kappa shape index (κ1) is 11.4. The summed E-state index contributed by atoms with van der Waals surface area (Å²) in [6.45, 7) is 3.22. The van der Waals surface area contributed by atoms with Crippen LogP contribution >= 0.6 is 0 Å². The summed E-state index contributed by atoms with van der Waals surface area (Å²) in [5.41, 5.74) is 1.65. The molecule has 0 bridgehead atoms. The van der Waals surface area contributed by atoms with E-state index in [9.17, 15) is 4.79 Å². The molecule has 0 atom stereocenters. The van der Waals surface area contributed by atoms with Gasteiger partial charge in [-0.25, -0.2) is 0 Å². The Kier molecular flexibility index (Phi) is 3.55. The van der Waals surface area contributed by atoms with E-state index in [0.29, 0.717) is 18.7 Å².